The topological polar surface area (TPSA) is 102 Å². The molecule has 1 aliphatic heterocycles. The van der Waals surface area contributed by atoms with Crippen LogP contribution in [-0.4, -0.2) is 39.1 Å². The molecule has 2 aromatic heterocycles. The number of benzene rings is 2. The largest absolute Gasteiger partial charge is 0.609 e. The van der Waals surface area contributed by atoms with Gasteiger partial charge >= 0.3 is 17.6 Å². The first-order chi connectivity index (χ1) is 16.8. The third-order valence-electron chi connectivity index (χ3n) is 5.13. The van der Waals surface area contributed by atoms with Gasteiger partial charge in [-0.1, -0.05) is 30.3 Å². The number of alkyl halides is 3. The smallest absolute Gasteiger partial charge is 0.468 e. The summed E-state index contributed by atoms with van der Waals surface area (Å²) < 4.78 is 73.8. The van der Waals surface area contributed by atoms with Crippen molar-refractivity contribution in [2.24, 2.45) is 0 Å². The van der Waals surface area contributed by atoms with Crippen molar-refractivity contribution < 1.29 is 36.7 Å². The average Bonchev–Trinajstić information content (AvgIpc) is 3.25. The highest BCUT2D eigenvalue weighted by atomic mass is 32.2. The summed E-state index contributed by atoms with van der Waals surface area (Å²) in [5.41, 5.74) is 1.85. The van der Waals surface area contributed by atoms with Crippen LogP contribution in [0.4, 0.5) is 13.2 Å². The van der Waals surface area contributed by atoms with Gasteiger partial charge in [0.25, 0.3) is 0 Å². The van der Waals surface area contributed by atoms with E-state index in [1.54, 1.807) is 6.07 Å². The highest BCUT2D eigenvalue weighted by Gasteiger charge is 2.49. The minimum absolute atomic E-state index is 0.0605. The number of rotatable bonds is 7. The molecule has 0 radical (unpaired) electrons. The van der Waals surface area contributed by atoms with Crippen molar-refractivity contribution in [3.05, 3.63) is 66.0 Å². The predicted octanol–water partition coefficient (Wildman–Crippen LogP) is 4.51. The summed E-state index contributed by atoms with van der Waals surface area (Å²) in [7, 11) is 1.46. The first kappa shape index (κ1) is 23.1. The monoisotopic (exact) mass is 505 g/mol. The van der Waals surface area contributed by atoms with Crippen LogP contribution in [0.25, 0.3) is 11.0 Å². The number of ether oxygens (including phenoxy) is 4. The molecule has 4 aromatic rings. The summed E-state index contributed by atoms with van der Waals surface area (Å²) >= 11 is -1.72. The number of methoxy groups -OCH3 is 1. The van der Waals surface area contributed by atoms with Gasteiger partial charge in [0.05, 0.1) is 18.1 Å². The van der Waals surface area contributed by atoms with Crippen molar-refractivity contribution in [1.82, 2.24) is 15.0 Å². The molecule has 2 unspecified atom stereocenters. The lowest BCUT2D eigenvalue weighted by atomic mass is 10.2. The fraction of sp³-hybridized carbons (Fsp3) is 0.217. The quantitative estimate of drug-likeness (QED) is 0.369. The van der Waals surface area contributed by atoms with Crippen LogP contribution in [0.1, 0.15) is 11.3 Å². The Labute approximate surface area is 200 Å². The number of hydrogen-bond acceptors (Lipinski definition) is 7. The van der Waals surface area contributed by atoms with Gasteiger partial charge in [0.15, 0.2) is 28.8 Å². The molecular weight excluding hydrogens is 487 g/mol. The number of fused-ring (bicyclic) bond motifs is 2. The molecule has 5 rings (SSSR count). The minimum Gasteiger partial charge on any atom is -0.609 e. The van der Waals surface area contributed by atoms with Gasteiger partial charge in [-0.15, -0.1) is 0 Å². The molecule has 2 aromatic carbocycles. The van der Waals surface area contributed by atoms with Crippen LogP contribution in [0.5, 0.6) is 23.0 Å². The number of imidazole rings is 1. The van der Waals surface area contributed by atoms with Gasteiger partial charge in [-0.05, 0) is 5.56 Å². The molecule has 12 heteroatoms. The first-order valence-electron chi connectivity index (χ1n) is 10.3. The van der Waals surface area contributed by atoms with Gasteiger partial charge in [-0.3, -0.25) is 9.97 Å². The molecule has 0 fully saturated rings. The summed E-state index contributed by atoms with van der Waals surface area (Å²) in [5, 5.41) is 0.0605. The Morgan fingerprint density at radius 2 is 1.97 bits per heavy atom. The number of hydrogen-bond donors (Lipinski definition) is 1. The van der Waals surface area contributed by atoms with E-state index in [1.807, 2.05) is 30.3 Å². The lowest BCUT2D eigenvalue weighted by molar-refractivity contribution is -0.281. The average molecular weight is 505 g/mol. The van der Waals surface area contributed by atoms with Crippen LogP contribution in [0.2, 0.25) is 0 Å². The Bertz CT molecular complexity index is 1360. The summed E-state index contributed by atoms with van der Waals surface area (Å²) in [6.07, 6.45) is -5.55. The van der Waals surface area contributed by atoms with Gasteiger partial charge < -0.3 is 23.5 Å². The van der Waals surface area contributed by atoms with E-state index in [4.69, 9.17) is 9.47 Å². The molecular formula is C23H18F3N3O5S. The lowest BCUT2D eigenvalue weighted by Gasteiger charge is -2.28. The minimum atomic E-state index is -4.13. The summed E-state index contributed by atoms with van der Waals surface area (Å²) in [5.74, 6) is 0.117. The van der Waals surface area contributed by atoms with Crippen LogP contribution in [0.3, 0.4) is 0 Å². The zero-order chi connectivity index (χ0) is 24.6. The SMILES string of the molecule is COc1c(OCc2ccccc2)ccnc1C[S+]([O-])c1nc2cc3c(cc2[nH]1)OC(F)C(F)(F)O3. The molecule has 0 saturated carbocycles. The van der Waals surface area contributed by atoms with Gasteiger partial charge in [0.1, 0.15) is 12.3 Å². The highest BCUT2D eigenvalue weighted by Crippen LogP contribution is 2.42. The third kappa shape index (κ3) is 4.66. The van der Waals surface area contributed by atoms with Gasteiger partial charge in [-0.25, -0.2) is 0 Å². The molecule has 2 atom stereocenters. The predicted molar refractivity (Wildman–Crippen MR) is 119 cm³/mol. The molecule has 1 N–H and O–H groups in total. The molecule has 0 bridgehead atoms. The molecule has 3 heterocycles. The zero-order valence-corrected chi connectivity index (χ0v) is 19.0. The van der Waals surface area contributed by atoms with Crippen molar-refractivity contribution in [3.8, 4) is 23.0 Å². The Balaban J connectivity index is 1.36. The zero-order valence-electron chi connectivity index (χ0n) is 18.2. The fourth-order valence-electron chi connectivity index (χ4n) is 3.48. The molecule has 0 aliphatic carbocycles. The second kappa shape index (κ2) is 9.19. The van der Waals surface area contributed by atoms with Crippen molar-refractivity contribution in [3.63, 3.8) is 0 Å². The second-order valence-electron chi connectivity index (χ2n) is 7.51. The lowest BCUT2D eigenvalue weighted by Crippen LogP contribution is -2.43. The number of nitrogens with zero attached hydrogens (tertiary/aromatic N) is 2. The normalized spacial score (nSPS) is 17.2. The molecule has 35 heavy (non-hydrogen) atoms. The van der Waals surface area contributed by atoms with E-state index in [9.17, 15) is 17.7 Å². The van der Waals surface area contributed by atoms with Crippen LogP contribution in [0, 0.1) is 0 Å². The molecule has 0 spiro atoms. The Hall–Kier alpha value is -3.64. The Morgan fingerprint density at radius 3 is 2.74 bits per heavy atom. The van der Waals surface area contributed by atoms with E-state index in [0.717, 1.165) is 5.56 Å². The summed E-state index contributed by atoms with van der Waals surface area (Å²) in [4.78, 5) is 11.3. The molecule has 0 amide bonds. The van der Waals surface area contributed by atoms with E-state index in [0.29, 0.717) is 29.3 Å². The molecule has 182 valence electrons. The maximum absolute atomic E-state index is 13.5. The number of halogens is 3. The first-order valence-corrected chi connectivity index (χ1v) is 11.6. The van der Waals surface area contributed by atoms with E-state index in [2.05, 4.69) is 24.4 Å². The van der Waals surface area contributed by atoms with Gasteiger partial charge in [0.2, 0.25) is 0 Å². The van der Waals surface area contributed by atoms with Crippen molar-refractivity contribution in [2.75, 3.05) is 7.11 Å². The number of aromatic amines is 1. The Kier molecular flexibility index (Phi) is 6.07. The van der Waals surface area contributed by atoms with Crippen LogP contribution in [-0.2, 0) is 23.5 Å². The summed E-state index contributed by atoms with van der Waals surface area (Å²) in [6.45, 7) is 0.306. The van der Waals surface area contributed by atoms with Crippen LogP contribution >= 0.6 is 0 Å². The maximum atomic E-state index is 13.5. The maximum Gasteiger partial charge on any atom is 0.468 e. The van der Waals surface area contributed by atoms with Crippen molar-refractivity contribution in [2.45, 2.75) is 30.0 Å². The van der Waals surface area contributed by atoms with E-state index >= 15 is 0 Å². The van der Waals surface area contributed by atoms with Gasteiger partial charge in [-0.2, -0.15) is 18.2 Å². The van der Waals surface area contributed by atoms with E-state index in [-0.39, 0.29) is 27.9 Å². The number of nitrogens with one attached hydrogen (secondary N) is 1. The Morgan fingerprint density at radius 1 is 1.17 bits per heavy atom. The van der Waals surface area contributed by atoms with Crippen LogP contribution < -0.4 is 18.9 Å². The van der Waals surface area contributed by atoms with E-state index in [1.165, 1.54) is 25.4 Å². The van der Waals surface area contributed by atoms with Crippen LogP contribution in [0.15, 0.2) is 59.9 Å². The van der Waals surface area contributed by atoms with Gasteiger partial charge in [0, 0.05) is 35.6 Å². The summed E-state index contributed by atoms with van der Waals surface area (Å²) in [6, 6.07) is 13.6. The highest BCUT2D eigenvalue weighted by molar-refractivity contribution is 7.90. The number of H-pyrrole nitrogens is 1. The molecule has 0 saturated heterocycles. The fourth-order valence-corrected chi connectivity index (χ4v) is 4.50. The number of pyridine rings is 1. The standard InChI is InChI=1S/C23H18F3N3O5S/c1-31-20-16(27-8-7-17(20)32-11-13-5-3-2-4-6-13)12-35(30)22-28-14-9-18-19(10-15(14)29-22)34-23(25,26)21(24)33-18/h2-10,21H,11-12H2,1H3,(H,28,29). The molecule has 8 nitrogen and oxygen atoms in total. The molecule has 1 aliphatic rings. The third-order valence-corrected chi connectivity index (χ3v) is 6.29. The number of aromatic nitrogens is 3. The van der Waals surface area contributed by atoms with E-state index < -0.39 is 23.6 Å². The second-order valence-corrected chi connectivity index (χ2v) is 8.88. The van der Waals surface area contributed by atoms with Crippen molar-refractivity contribution >= 4 is 22.2 Å². The van der Waals surface area contributed by atoms with Crippen molar-refractivity contribution in [1.29, 1.82) is 0 Å².